The average Bonchev–Trinajstić information content (AvgIpc) is 3.33. The molecule has 0 saturated carbocycles. The second-order valence-electron chi connectivity index (χ2n) is 9.80. The highest BCUT2D eigenvalue weighted by molar-refractivity contribution is 7.13. The molecule has 7 nitrogen and oxygen atoms in total. The van der Waals surface area contributed by atoms with Crippen LogP contribution in [-0.4, -0.2) is 28.4 Å². The second-order valence-corrected chi connectivity index (χ2v) is 11.1. The summed E-state index contributed by atoms with van der Waals surface area (Å²) in [7, 11) is 1.48. The van der Waals surface area contributed by atoms with Crippen molar-refractivity contribution in [2.75, 3.05) is 7.11 Å². The van der Waals surface area contributed by atoms with Gasteiger partial charge in [0.25, 0.3) is 5.56 Å². The molecular formula is C28H24ClN3O4S. The molecule has 0 spiro atoms. The number of hydrogen-bond donors (Lipinski definition) is 1. The summed E-state index contributed by atoms with van der Waals surface area (Å²) in [5, 5.41) is 2.96. The summed E-state index contributed by atoms with van der Waals surface area (Å²) in [4.78, 5) is 44.1. The number of nitrogens with two attached hydrogens (primary N) is 1. The van der Waals surface area contributed by atoms with Gasteiger partial charge in [-0.05, 0) is 48.2 Å². The van der Waals surface area contributed by atoms with Gasteiger partial charge in [-0.25, -0.2) is 4.98 Å². The second kappa shape index (κ2) is 9.28. The maximum Gasteiger partial charge on any atom is 0.265 e. The molecule has 2 N–H and O–H groups in total. The van der Waals surface area contributed by atoms with Gasteiger partial charge in [0.15, 0.2) is 5.78 Å². The first-order valence-electron chi connectivity index (χ1n) is 11.6. The largest absolute Gasteiger partial charge is 0.495 e. The van der Waals surface area contributed by atoms with E-state index in [9.17, 15) is 14.4 Å². The fourth-order valence-electron chi connectivity index (χ4n) is 4.69. The van der Waals surface area contributed by atoms with Crippen molar-refractivity contribution in [3.8, 4) is 33.3 Å². The molecule has 0 atom stereocenters. The van der Waals surface area contributed by atoms with E-state index in [1.165, 1.54) is 29.1 Å². The predicted molar refractivity (Wildman–Crippen MR) is 145 cm³/mol. The smallest absolute Gasteiger partial charge is 0.265 e. The van der Waals surface area contributed by atoms with Gasteiger partial charge >= 0.3 is 0 Å². The summed E-state index contributed by atoms with van der Waals surface area (Å²) in [6.45, 7) is 3.99. The zero-order valence-corrected chi connectivity index (χ0v) is 22.1. The molecule has 37 heavy (non-hydrogen) atoms. The van der Waals surface area contributed by atoms with Gasteiger partial charge in [0.05, 0.1) is 24.1 Å². The minimum absolute atomic E-state index is 0.0549. The number of primary amides is 1. The van der Waals surface area contributed by atoms with E-state index in [-0.39, 0.29) is 22.3 Å². The lowest BCUT2D eigenvalue weighted by Crippen LogP contribution is -2.35. The molecule has 2 aromatic heterocycles. The fourth-order valence-corrected chi connectivity index (χ4v) is 5.65. The molecule has 0 bridgehead atoms. The molecule has 0 saturated heterocycles. The number of hydrogen-bond acceptors (Lipinski definition) is 6. The van der Waals surface area contributed by atoms with E-state index in [2.05, 4.69) is 0 Å². The zero-order valence-electron chi connectivity index (χ0n) is 20.5. The van der Waals surface area contributed by atoms with Gasteiger partial charge in [-0.3, -0.25) is 19.0 Å². The number of halogens is 1. The minimum atomic E-state index is -0.633. The highest BCUT2D eigenvalue weighted by Gasteiger charge is 2.35. The van der Waals surface area contributed by atoms with Crippen LogP contribution in [0.15, 0.2) is 58.7 Å². The lowest BCUT2D eigenvalue weighted by Gasteiger charge is -2.32. The summed E-state index contributed by atoms with van der Waals surface area (Å²) in [5.41, 5.74) is 8.29. The maximum absolute atomic E-state index is 14.1. The Morgan fingerprint density at radius 1 is 1.08 bits per heavy atom. The van der Waals surface area contributed by atoms with E-state index in [0.717, 1.165) is 5.56 Å². The van der Waals surface area contributed by atoms with E-state index < -0.39 is 5.91 Å². The quantitative estimate of drug-likeness (QED) is 0.362. The molecule has 0 unspecified atom stereocenters. The Labute approximate surface area is 222 Å². The van der Waals surface area contributed by atoms with E-state index in [0.29, 0.717) is 56.8 Å². The fraction of sp³-hybridized carbons (Fsp3) is 0.214. The molecule has 5 rings (SSSR count). The van der Waals surface area contributed by atoms with Crippen LogP contribution in [0.5, 0.6) is 5.75 Å². The highest BCUT2D eigenvalue weighted by Crippen LogP contribution is 2.38. The van der Waals surface area contributed by atoms with Crippen LogP contribution in [0.4, 0.5) is 0 Å². The Bertz CT molecular complexity index is 1620. The van der Waals surface area contributed by atoms with Crippen molar-refractivity contribution >= 4 is 34.6 Å². The third-order valence-electron chi connectivity index (χ3n) is 6.47. The van der Waals surface area contributed by atoms with E-state index in [1.807, 2.05) is 31.4 Å². The number of pyridine rings is 1. The van der Waals surface area contributed by atoms with Crippen LogP contribution in [0.1, 0.15) is 46.7 Å². The van der Waals surface area contributed by atoms with Gasteiger partial charge in [0.2, 0.25) is 5.91 Å². The molecule has 0 radical (unpaired) electrons. The molecular weight excluding hydrogens is 510 g/mol. The Kier molecular flexibility index (Phi) is 6.25. The van der Waals surface area contributed by atoms with Crippen molar-refractivity contribution in [2.45, 2.75) is 26.7 Å². The van der Waals surface area contributed by atoms with Gasteiger partial charge in [-0.15, -0.1) is 11.3 Å². The van der Waals surface area contributed by atoms with Crippen molar-refractivity contribution < 1.29 is 14.3 Å². The van der Waals surface area contributed by atoms with Crippen molar-refractivity contribution in [3.05, 3.63) is 86.1 Å². The summed E-state index contributed by atoms with van der Waals surface area (Å²) in [6.07, 6.45) is 0.839. The number of methoxy groups -OCH3 is 1. The van der Waals surface area contributed by atoms with Gasteiger partial charge in [-0.2, -0.15) is 0 Å². The average molecular weight is 534 g/mol. The van der Waals surface area contributed by atoms with Crippen LogP contribution < -0.4 is 16.0 Å². The van der Waals surface area contributed by atoms with Crippen molar-refractivity contribution in [3.63, 3.8) is 0 Å². The lowest BCUT2D eigenvalue weighted by atomic mass is 9.75. The third kappa shape index (κ3) is 4.58. The Morgan fingerprint density at radius 2 is 1.81 bits per heavy atom. The molecule has 188 valence electrons. The molecule has 1 aliphatic carbocycles. The molecule has 9 heteroatoms. The van der Waals surface area contributed by atoms with Gasteiger partial charge in [-0.1, -0.05) is 37.6 Å². The number of carbonyl (C=O) groups is 2. The molecule has 2 aromatic carbocycles. The topological polar surface area (TPSA) is 104 Å². The minimum Gasteiger partial charge on any atom is -0.495 e. The lowest BCUT2D eigenvalue weighted by molar-refractivity contribution is 0.0908. The molecule has 1 amide bonds. The van der Waals surface area contributed by atoms with Crippen LogP contribution in [0.25, 0.3) is 27.5 Å². The van der Waals surface area contributed by atoms with E-state index in [4.69, 9.17) is 27.1 Å². The Balaban J connectivity index is 1.78. The zero-order chi connectivity index (χ0) is 26.5. The first kappa shape index (κ1) is 24.9. The van der Waals surface area contributed by atoms with Crippen LogP contribution in [-0.2, 0) is 6.42 Å². The van der Waals surface area contributed by atoms with Gasteiger partial charge in [0.1, 0.15) is 10.8 Å². The number of fused-ring (bicyclic) bond motifs is 1. The van der Waals surface area contributed by atoms with E-state index >= 15 is 0 Å². The summed E-state index contributed by atoms with van der Waals surface area (Å²) in [6, 6.07) is 13.6. The van der Waals surface area contributed by atoms with Crippen LogP contribution in [0.3, 0.4) is 0 Å². The number of thiazole rings is 1. The number of ketones is 1. The van der Waals surface area contributed by atoms with Crippen LogP contribution in [0, 0.1) is 5.41 Å². The number of rotatable bonds is 5. The van der Waals surface area contributed by atoms with Gasteiger partial charge in [0, 0.05) is 39.2 Å². The number of aromatic nitrogens is 2. The van der Waals surface area contributed by atoms with Crippen molar-refractivity contribution in [1.82, 2.24) is 9.55 Å². The summed E-state index contributed by atoms with van der Waals surface area (Å²) >= 11 is 7.34. The molecule has 1 aliphatic rings. The Morgan fingerprint density at radius 3 is 2.49 bits per heavy atom. The molecule has 0 fully saturated rings. The SMILES string of the molecule is COc1ccc(C(N)=O)cc1-n1c2c(cc(-c3nc(-c4ccc(Cl)cc4)cs3)c1=O)C(=O)CC(C)(C)C2. The summed E-state index contributed by atoms with van der Waals surface area (Å²) < 4.78 is 7.04. The van der Waals surface area contributed by atoms with Crippen LogP contribution >= 0.6 is 22.9 Å². The highest BCUT2D eigenvalue weighted by atomic mass is 35.5. The number of ether oxygens (including phenoxy) is 1. The molecule has 0 aliphatic heterocycles. The summed E-state index contributed by atoms with van der Waals surface area (Å²) in [5.74, 6) is -0.310. The number of amides is 1. The van der Waals surface area contributed by atoms with Crippen molar-refractivity contribution in [2.24, 2.45) is 11.1 Å². The normalized spacial score (nSPS) is 14.3. The maximum atomic E-state index is 14.1. The number of Topliss-reactive ketones (excluding diaryl/α,β-unsaturated/α-hetero) is 1. The third-order valence-corrected chi connectivity index (χ3v) is 7.59. The first-order chi connectivity index (χ1) is 17.6. The predicted octanol–water partition coefficient (Wildman–Crippen LogP) is 5.54. The van der Waals surface area contributed by atoms with E-state index in [1.54, 1.807) is 30.3 Å². The van der Waals surface area contributed by atoms with Gasteiger partial charge < -0.3 is 10.5 Å². The Hall–Kier alpha value is -3.75. The monoisotopic (exact) mass is 533 g/mol. The first-order valence-corrected chi connectivity index (χ1v) is 12.9. The number of benzene rings is 2. The standard InChI is InChI=1S/C28H24ClN3O4S/c1-28(2)12-22-18(23(33)13-28)11-19(26-31-20(14-37-26)15-4-7-17(29)8-5-15)27(35)32(22)21-10-16(25(30)34)6-9-24(21)36-3/h4-11,14H,12-13H2,1-3H3,(H2,30,34). The van der Waals surface area contributed by atoms with Crippen LogP contribution in [0.2, 0.25) is 5.02 Å². The number of nitrogens with zero attached hydrogens (tertiary/aromatic N) is 2. The van der Waals surface area contributed by atoms with Crippen molar-refractivity contribution in [1.29, 1.82) is 0 Å². The molecule has 2 heterocycles. The molecule has 4 aromatic rings. The number of carbonyl (C=O) groups excluding carboxylic acids is 2.